The summed E-state index contributed by atoms with van der Waals surface area (Å²) in [6.45, 7) is 1.67. The third-order valence-electron chi connectivity index (χ3n) is 6.17. The summed E-state index contributed by atoms with van der Waals surface area (Å²) in [4.78, 5) is 20.9. The lowest BCUT2D eigenvalue weighted by Gasteiger charge is -2.35. The normalized spacial score (nSPS) is 29.4. The Morgan fingerprint density at radius 1 is 1.38 bits per heavy atom. The van der Waals surface area contributed by atoms with Crippen LogP contribution < -0.4 is 22.1 Å². The fourth-order valence-electron chi connectivity index (χ4n) is 3.94. The fourth-order valence-corrected chi connectivity index (χ4v) is 3.94. The largest absolute Gasteiger partial charge is 0.486 e. The van der Waals surface area contributed by atoms with Crippen LogP contribution in [0.3, 0.4) is 0 Å². The molecule has 0 saturated heterocycles. The van der Waals surface area contributed by atoms with Gasteiger partial charge >= 0.3 is 5.97 Å². The van der Waals surface area contributed by atoms with Gasteiger partial charge in [0.1, 0.15) is 17.7 Å². The van der Waals surface area contributed by atoms with E-state index < -0.39 is 23.3 Å². The van der Waals surface area contributed by atoms with E-state index in [4.69, 9.17) is 26.9 Å². The topological polar surface area (TPSA) is 166 Å². The quantitative estimate of drug-likeness (QED) is 0.258. The number of aliphatic imine (C=N–C) groups is 1. The third kappa shape index (κ3) is 4.37. The minimum absolute atomic E-state index is 0.0662. The summed E-state index contributed by atoms with van der Waals surface area (Å²) in [5.74, 6) is 5.08. The van der Waals surface area contributed by atoms with Gasteiger partial charge in [-0.15, -0.1) is 0 Å². The van der Waals surface area contributed by atoms with Crippen LogP contribution in [0.25, 0.3) is 0 Å². The predicted octanol–water partition coefficient (Wildman–Crippen LogP) is 0.452. The number of carboxylic acid groups (broad SMARTS) is 1. The second-order valence-corrected chi connectivity index (χ2v) is 8.17. The van der Waals surface area contributed by atoms with Gasteiger partial charge in [0.15, 0.2) is 0 Å². The van der Waals surface area contributed by atoms with Crippen LogP contribution in [0, 0.1) is 0 Å². The van der Waals surface area contributed by atoms with E-state index in [0.29, 0.717) is 37.3 Å². The molecule has 0 aromatic heterocycles. The number of carbonyl (C=O) groups is 1. The summed E-state index contributed by atoms with van der Waals surface area (Å²) in [5, 5.41) is 19.7. The number of ether oxygens (including phenoxy) is 1. The predicted molar refractivity (Wildman–Crippen MR) is 107 cm³/mol. The average Bonchev–Trinajstić information content (AvgIpc) is 2.73. The van der Waals surface area contributed by atoms with E-state index in [0.717, 1.165) is 24.0 Å². The maximum absolute atomic E-state index is 11.5. The molecule has 0 bridgehead atoms. The van der Waals surface area contributed by atoms with E-state index in [1.807, 2.05) is 6.07 Å². The van der Waals surface area contributed by atoms with Crippen LogP contribution in [0.2, 0.25) is 0 Å². The number of nitrogens with two attached hydrogens (primary N) is 3. The van der Waals surface area contributed by atoms with Gasteiger partial charge in [0.05, 0.1) is 11.6 Å². The molecule has 2 aliphatic rings. The second kappa shape index (κ2) is 8.27. The van der Waals surface area contributed by atoms with Crippen molar-refractivity contribution in [1.29, 1.82) is 0 Å². The Morgan fingerprint density at radius 2 is 2.07 bits per heavy atom. The summed E-state index contributed by atoms with van der Waals surface area (Å²) in [6.07, 6.45) is 3.10. The lowest BCUT2D eigenvalue weighted by Crippen LogP contribution is -2.54. The van der Waals surface area contributed by atoms with Gasteiger partial charge in [0.2, 0.25) is 5.60 Å². The zero-order valence-electron chi connectivity index (χ0n) is 16.6. The molecular formula is C20H30N4O5. The van der Waals surface area contributed by atoms with E-state index in [9.17, 15) is 15.0 Å². The van der Waals surface area contributed by atoms with Gasteiger partial charge < -0.3 is 26.4 Å². The molecule has 1 saturated carbocycles. The first-order chi connectivity index (χ1) is 13.7. The second-order valence-electron chi connectivity index (χ2n) is 8.17. The molecular weight excluding hydrogens is 376 g/mol. The van der Waals surface area contributed by atoms with Crippen molar-refractivity contribution in [3.63, 3.8) is 0 Å². The number of rotatable bonds is 6. The minimum atomic E-state index is -1.62. The first-order valence-electron chi connectivity index (χ1n) is 9.88. The molecule has 0 unspecified atom stereocenters. The number of aliphatic carboxylic acids is 1. The zero-order chi connectivity index (χ0) is 21.2. The molecule has 9 nitrogen and oxygen atoms in total. The van der Waals surface area contributed by atoms with E-state index in [2.05, 4.69) is 4.99 Å². The summed E-state index contributed by atoms with van der Waals surface area (Å²) in [5.41, 5.74) is 11.2. The van der Waals surface area contributed by atoms with Crippen molar-refractivity contribution < 1.29 is 24.6 Å². The van der Waals surface area contributed by atoms with Gasteiger partial charge in [-0.05, 0) is 69.2 Å². The van der Waals surface area contributed by atoms with Crippen LogP contribution in [-0.2, 0) is 16.1 Å². The number of aryl methyl sites for hydroxylation is 1. The van der Waals surface area contributed by atoms with Crippen LogP contribution in [0.4, 0.5) is 0 Å². The molecule has 0 radical (unpaired) electrons. The Hall–Kier alpha value is -2.20. The van der Waals surface area contributed by atoms with E-state index in [1.54, 1.807) is 12.1 Å². The molecule has 160 valence electrons. The number of aliphatic hydroxyl groups is 1. The maximum atomic E-state index is 11.5. The average molecular weight is 406 g/mol. The molecule has 2 atom stereocenters. The van der Waals surface area contributed by atoms with Crippen LogP contribution in [0.5, 0.6) is 5.75 Å². The zero-order valence-corrected chi connectivity index (χ0v) is 16.6. The van der Waals surface area contributed by atoms with E-state index in [-0.39, 0.29) is 12.6 Å². The van der Waals surface area contributed by atoms with Crippen LogP contribution in [0.1, 0.15) is 50.2 Å². The lowest BCUT2D eigenvalue weighted by molar-refractivity contribution is -0.179. The Bertz CT molecular complexity index is 791. The van der Waals surface area contributed by atoms with Crippen molar-refractivity contribution >= 4 is 11.8 Å². The number of carboxylic acids is 1. The molecule has 1 aliphatic heterocycles. The fraction of sp³-hybridized carbons (Fsp3) is 0.600. The molecule has 0 amide bonds. The first-order valence-corrected chi connectivity index (χ1v) is 9.88. The van der Waals surface area contributed by atoms with E-state index in [1.165, 1.54) is 6.92 Å². The Morgan fingerprint density at radius 3 is 2.66 bits per heavy atom. The summed E-state index contributed by atoms with van der Waals surface area (Å²) < 4.78 is 5.86. The standard InChI is InChI=1S/C20H30N4O5/c1-19(29-23,18(25)26)16-5-3-12-10-13(2-4-15(12)28-16)17(22)24-14-6-8-20(27,11-21)9-7-14/h2,4,10,14,16,27H,3,5-9,11,21,23H2,1H3,(H2,22,24)(H,25,26)/t14?,16-,19+,20?/m1/s1. The SMILES string of the molecule is C[C@@](ON)(C(=O)O)[C@H]1CCc2cc(C(N)=NC3CCC(O)(CN)CC3)ccc2O1. The lowest BCUT2D eigenvalue weighted by atomic mass is 9.82. The van der Waals surface area contributed by atoms with Gasteiger partial charge in [0, 0.05) is 12.1 Å². The van der Waals surface area contributed by atoms with Gasteiger partial charge in [-0.2, -0.15) is 0 Å². The van der Waals surface area contributed by atoms with Gasteiger partial charge in [0.25, 0.3) is 0 Å². The van der Waals surface area contributed by atoms with Crippen LogP contribution >= 0.6 is 0 Å². The molecule has 1 aliphatic carbocycles. The Kier molecular flexibility index (Phi) is 6.13. The molecule has 29 heavy (non-hydrogen) atoms. The monoisotopic (exact) mass is 406 g/mol. The molecule has 1 heterocycles. The number of amidine groups is 1. The third-order valence-corrected chi connectivity index (χ3v) is 6.17. The molecule has 3 rings (SSSR count). The minimum Gasteiger partial charge on any atom is -0.486 e. The first kappa shape index (κ1) is 21.5. The number of hydrogen-bond acceptors (Lipinski definition) is 7. The molecule has 1 aromatic rings. The molecule has 0 spiro atoms. The van der Waals surface area contributed by atoms with Crippen molar-refractivity contribution in [2.24, 2.45) is 22.4 Å². The Balaban J connectivity index is 1.71. The van der Waals surface area contributed by atoms with Gasteiger partial charge in [-0.3, -0.25) is 9.83 Å². The number of nitrogens with zero attached hydrogens (tertiary/aromatic N) is 1. The maximum Gasteiger partial charge on any atom is 0.341 e. The summed E-state index contributed by atoms with van der Waals surface area (Å²) in [6, 6.07) is 5.56. The van der Waals surface area contributed by atoms with Crippen molar-refractivity contribution in [1.82, 2.24) is 0 Å². The molecule has 8 N–H and O–H groups in total. The number of fused-ring (bicyclic) bond motifs is 1. The molecule has 9 heteroatoms. The Labute approximate surface area is 169 Å². The number of hydrogen-bond donors (Lipinski definition) is 5. The van der Waals surface area contributed by atoms with Crippen molar-refractivity contribution in [3.05, 3.63) is 29.3 Å². The van der Waals surface area contributed by atoms with Crippen molar-refractivity contribution in [2.75, 3.05) is 6.54 Å². The molecule has 1 fully saturated rings. The highest BCUT2D eigenvalue weighted by Crippen LogP contribution is 2.34. The van der Waals surface area contributed by atoms with Gasteiger partial charge in [-0.1, -0.05) is 0 Å². The smallest absolute Gasteiger partial charge is 0.341 e. The molecule has 1 aromatic carbocycles. The highest BCUT2D eigenvalue weighted by atomic mass is 16.7. The van der Waals surface area contributed by atoms with Crippen molar-refractivity contribution in [2.45, 2.75) is 68.8 Å². The number of benzene rings is 1. The summed E-state index contributed by atoms with van der Waals surface area (Å²) >= 11 is 0. The van der Waals surface area contributed by atoms with Crippen LogP contribution in [0.15, 0.2) is 23.2 Å². The highest BCUT2D eigenvalue weighted by molar-refractivity contribution is 5.98. The van der Waals surface area contributed by atoms with Crippen LogP contribution in [-0.4, -0.2) is 51.9 Å². The van der Waals surface area contributed by atoms with Gasteiger partial charge in [-0.25, -0.2) is 10.7 Å². The van der Waals surface area contributed by atoms with Crippen molar-refractivity contribution in [3.8, 4) is 5.75 Å². The summed E-state index contributed by atoms with van der Waals surface area (Å²) in [7, 11) is 0. The van der Waals surface area contributed by atoms with E-state index >= 15 is 0 Å². The highest BCUT2D eigenvalue weighted by Gasteiger charge is 2.46.